The van der Waals surface area contributed by atoms with Gasteiger partial charge in [-0.25, -0.2) is 0 Å². The molecule has 0 unspecified atom stereocenters. The van der Waals surface area contributed by atoms with Gasteiger partial charge in [0.1, 0.15) is 0 Å². The third kappa shape index (κ3) is 2.34. The molecule has 15 heavy (non-hydrogen) atoms. The Hall–Kier alpha value is -1.84. The van der Waals surface area contributed by atoms with Crippen molar-refractivity contribution in [1.29, 1.82) is 0 Å². The summed E-state index contributed by atoms with van der Waals surface area (Å²) in [6, 6.07) is 8.38. The van der Waals surface area contributed by atoms with Crippen molar-refractivity contribution < 1.29 is 4.52 Å². The fourth-order valence-corrected chi connectivity index (χ4v) is 1.35. The summed E-state index contributed by atoms with van der Waals surface area (Å²) >= 11 is 0. The zero-order chi connectivity index (χ0) is 10.7. The summed E-state index contributed by atoms with van der Waals surface area (Å²) in [5.74, 6) is 0.617. The van der Waals surface area contributed by atoms with Crippen LogP contribution in [-0.4, -0.2) is 16.2 Å². The van der Waals surface area contributed by atoms with Gasteiger partial charge in [-0.2, -0.15) is 4.98 Å². The molecule has 0 spiro atoms. The molecule has 78 valence electrons. The van der Waals surface area contributed by atoms with E-state index < -0.39 is 0 Å². The van der Waals surface area contributed by atoms with E-state index in [0.717, 1.165) is 11.3 Å². The van der Waals surface area contributed by atoms with E-state index in [1.54, 1.807) is 0 Å². The highest BCUT2D eigenvalue weighted by atomic mass is 16.5. The first-order chi connectivity index (χ1) is 7.25. The van der Waals surface area contributed by atoms with Crippen molar-refractivity contribution in [1.82, 2.24) is 10.1 Å². The smallest absolute Gasteiger partial charge is 0.214 e. The van der Waals surface area contributed by atoms with Crippen LogP contribution in [0.5, 0.6) is 0 Å². The van der Waals surface area contributed by atoms with E-state index in [1.165, 1.54) is 6.39 Å². The number of nitrogens with one attached hydrogen (secondary N) is 1. The summed E-state index contributed by atoms with van der Waals surface area (Å²) in [6.45, 7) is 4.21. The average molecular weight is 203 g/mol. The highest BCUT2D eigenvalue weighted by Crippen LogP contribution is 2.17. The van der Waals surface area contributed by atoms with Crippen molar-refractivity contribution in [2.75, 3.05) is 5.32 Å². The van der Waals surface area contributed by atoms with Crippen LogP contribution in [0.1, 0.15) is 13.8 Å². The minimum atomic E-state index is 0.432. The van der Waals surface area contributed by atoms with E-state index >= 15 is 0 Å². The van der Waals surface area contributed by atoms with Gasteiger partial charge in [0.25, 0.3) is 0 Å². The van der Waals surface area contributed by atoms with Crippen LogP contribution < -0.4 is 5.32 Å². The molecular formula is C11H13N3O. The lowest BCUT2D eigenvalue weighted by atomic mass is 10.2. The number of benzene rings is 1. The number of hydrogen-bond acceptors (Lipinski definition) is 4. The summed E-state index contributed by atoms with van der Waals surface area (Å²) in [5.41, 5.74) is 2.05. The van der Waals surface area contributed by atoms with Crippen LogP contribution in [-0.2, 0) is 0 Å². The number of nitrogens with zero attached hydrogens (tertiary/aromatic N) is 2. The molecule has 2 aromatic rings. The van der Waals surface area contributed by atoms with Gasteiger partial charge in [0.2, 0.25) is 12.2 Å². The normalized spacial score (nSPS) is 10.6. The summed E-state index contributed by atoms with van der Waals surface area (Å²) < 4.78 is 4.69. The third-order valence-electron chi connectivity index (χ3n) is 1.96. The highest BCUT2D eigenvalue weighted by molar-refractivity contribution is 5.59. The molecule has 0 saturated heterocycles. The van der Waals surface area contributed by atoms with Crippen LogP contribution in [0, 0.1) is 0 Å². The molecule has 4 nitrogen and oxygen atoms in total. The van der Waals surface area contributed by atoms with Gasteiger partial charge in [-0.15, -0.1) is 0 Å². The quantitative estimate of drug-likeness (QED) is 0.832. The Balaban J connectivity index is 2.17. The summed E-state index contributed by atoms with van der Waals surface area (Å²) in [5, 5.41) is 7.08. The minimum absolute atomic E-state index is 0.432. The second-order valence-electron chi connectivity index (χ2n) is 3.63. The Labute approximate surface area is 88.3 Å². The van der Waals surface area contributed by atoms with E-state index in [2.05, 4.69) is 33.8 Å². The molecule has 1 aromatic heterocycles. The van der Waals surface area contributed by atoms with Gasteiger partial charge >= 0.3 is 0 Å². The molecule has 1 N–H and O–H groups in total. The van der Waals surface area contributed by atoms with Crippen LogP contribution >= 0.6 is 0 Å². The molecule has 0 aliphatic carbocycles. The fourth-order valence-electron chi connectivity index (χ4n) is 1.35. The van der Waals surface area contributed by atoms with E-state index in [4.69, 9.17) is 0 Å². The van der Waals surface area contributed by atoms with Gasteiger partial charge in [0.15, 0.2) is 0 Å². The van der Waals surface area contributed by atoms with Crippen molar-refractivity contribution in [3.8, 4) is 11.4 Å². The molecule has 0 radical (unpaired) electrons. The molecule has 0 aliphatic heterocycles. The lowest BCUT2D eigenvalue weighted by Crippen LogP contribution is -2.09. The Morgan fingerprint density at radius 3 is 2.47 bits per heavy atom. The lowest BCUT2D eigenvalue weighted by molar-refractivity contribution is 0.419. The molecular weight excluding hydrogens is 190 g/mol. The fraction of sp³-hybridized carbons (Fsp3) is 0.273. The average Bonchev–Trinajstić information content (AvgIpc) is 2.71. The van der Waals surface area contributed by atoms with Crippen molar-refractivity contribution in [3.63, 3.8) is 0 Å². The lowest BCUT2D eigenvalue weighted by Gasteiger charge is -2.09. The van der Waals surface area contributed by atoms with Gasteiger partial charge in [-0.05, 0) is 38.1 Å². The Bertz CT molecular complexity index is 406. The maximum absolute atomic E-state index is 4.69. The van der Waals surface area contributed by atoms with Crippen LogP contribution in [0.2, 0.25) is 0 Å². The molecule has 1 aromatic carbocycles. The number of anilines is 1. The van der Waals surface area contributed by atoms with Crippen LogP contribution in [0.15, 0.2) is 35.2 Å². The maximum Gasteiger partial charge on any atom is 0.214 e. The minimum Gasteiger partial charge on any atom is -0.383 e. The predicted molar refractivity (Wildman–Crippen MR) is 58.5 cm³/mol. The molecule has 0 aliphatic rings. The van der Waals surface area contributed by atoms with Crippen LogP contribution in [0.4, 0.5) is 5.69 Å². The second-order valence-corrected chi connectivity index (χ2v) is 3.63. The molecule has 0 bridgehead atoms. The van der Waals surface area contributed by atoms with E-state index in [9.17, 15) is 0 Å². The Kier molecular flexibility index (Phi) is 2.67. The standard InChI is InChI=1S/C11H13N3O/c1-8(2)13-10-5-3-9(4-6-10)11-12-7-15-14-11/h3-8,13H,1-2H3. The maximum atomic E-state index is 4.69. The number of rotatable bonds is 3. The van der Waals surface area contributed by atoms with Crippen LogP contribution in [0.25, 0.3) is 11.4 Å². The SMILES string of the molecule is CC(C)Nc1ccc(-c2ncon2)cc1. The molecule has 0 atom stereocenters. The third-order valence-corrected chi connectivity index (χ3v) is 1.96. The molecule has 2 rings (SSSR count). The van der Waals surface area contributed by atoms with Gasteiger partial charge in [-0.3, -0.25) is 0 Å². The summed E-state index contributed by atoms with van der Waals surface area (Å²) in [7, 11) is 0. The molecule has 0 amide bonds. The molecule has 0 fully saturated rings. The van der Waals surface area contributed by atoms with Crippen LogP contribution in [0.3, 0.4) is 0 Å². The van der Waals surface area contributed by atoms with Gasteiger partial charge in [0.05, 0.1) is 0 Å². The second kappa shape index (κ2) is 4.13. The first kappa shape index (κ1) is 9.71. The first-order valence-electron chi connectivity index (χ1n) is 4.89. The van der Waals surface area contributed by atoms with Gasteiger partial charge in [-0.1, -0.05) is 5.16 Å². The van der Waals surface area contributed by atoms with Gasteiger partial charge < -0.3 is 9.84 Å². The van der Waals surface area contributed by atoms with Crippen molar-refractivity contribution in [3.05, 3.63) is 30.7 Å². The Morgan fingerprint density at radius 1 is 1.20 bits per heavy atom. The van der Waals surface area contributed by atoms with Crippen molar-refractivity contribution in [2.24, 2.45) is 0 Å². The summed E-state index contributed by atoms with van der Waals surface area (Å²) in [4.78, 5) is 3.98. The predicted octanol–water partition coefficient (Wildman–Crippen LogP) is 2.56. The summed E-state index contributed by atoms with van der Waals surface area (Å²) in [6.07, 6.45) is 1.33. The monoisotopic (exact) mass is 203 g/mol. The van der Waals surface area contributed by atoms with Crippen molar-refractivity contribution >= 4 is 5.69 Å². The van der Waals surface area contributed by atoms with Gasteiger partial charge in [0, 0.05) is 17.3 Å². The van der Waals surface area contributed by atoms with E-state index in [0.29, 0.717) is 11.9 Å². The zero-order valence-electron chi connectivity index (χ0n) is 8.77. The number of aromatic nitrogens is 2. The zero-order valence-corrected chi connectivity index (χ0v) is 8.77. The first-order valence-corrected chi connectivity index (χ1v) is 4.89. The molecule has 1 heterocycles. The topological polar surface area (TPSA) is 51.0 Å². The number of hydrogen-bond donors (Lipinski definition) is 1. The molecule has 0 saturated carbocycles. The largest absolute Gasteiger partial charge is 0.383 e. The van der Waals surface area contributed by atoms with E-state index in [-0.39, 0.29) is 0 Å². The highest BCUT2D eigenvalue weighted by Gasteiger charge is 2.02. The molecule has 4 heteroatoms. The Morgan fingerprint density at radius 2 is 1.93 bits per heavy atom. The van der Waals surface area contributed by atoms with Crippen molar-refractivity contribution in [2.45, 2.75) is 19.9 Å². The van der Waals surface area contributed by atoms with E-state index in [1.807, 2.05) is 24.3 Å².